The standard InChI is InChI=1S/C18H14N2O2/c1-2-22-18(21)16-14-9-8-12(11-19)10-15(14)20-17(16)13-6-4-3-5-7-13/h3-10,20H,2H2,1H3. The molecule has 0 amide bonds. The number of ether oxygens (including phenoxy) is 1. The highest BCUT2D eigenvalue weighted by atomic mass is 16.5. The highest BCUT2D eigenvalue weighted by Crippen LogP contribution is 2.31. The predicted molar refractivity (Wildman–Crippen MR) is 84.4 cm³/mol. The van der Waals surface area contributed by atoms with Crippen LogP contribution in [0.1, 0.15) is 22.8 Å². The predicted octanol–water partition coefficient (Wildman–Crippen LogP) is 3.88. The maximum Gasteiger partial charge on any atom is 0.340 e. The minimum absolute atomic E-state index is 0.315. The van der Waals surface area contributed by atoms with Crippen LogP contribution in [0.15, 0.2) is 48.5 Å². The number of hydrogen-bond donors (Lipinski definition) is 1. The third-order valence-corrected chi connectivity index (χ3v) is 3.47. The molecule has 4 nitrogen and oxygen atoms in total. The summed E-state index contributed by atoms with van der Waals surface area (Å²) in [5.74, 6) is -0.364. The van der Waals surface area contributed by atoms with Crippen molar-refractivity contribution in [2.75, 3.05) is 6.61 Å². The van der Waals surface area contributed by atoms with Crippen molar-refractivity contribution in [1.82, 2.24) is 4.98 Å². The van der Waals surface area contributed by atoms with Gasteiger partial charge in [-0.25, -0.2) is 4.79 Å². The van der Waals surface area contributed by atoms with E-state index in [2.05, 4.69) is 11.1 Å². The van der Waals surface area contributed by atoms with E-state index in [1.54, 1.807) is 25.1 Å². The van der Waals surface area contributed by atoms with E-state index >= 15 is 0 Å². The summed E-state index contributed by atoms with van der Waals surface area (Å²) in [6, 6.07) is 16.9. The van der Waals surface area contributed by atoms with E-state index in [-0.39, 0.29) is 5.97 Å². The van der Waals surface area contributed by atoms with E-state index in [4.69, 9.17) is 10.00 Å². The van der Waals surface area contributed by atoms with Gasteiger partial charge in [-0.2, -0.15) is 5.26 Å². The Kier molecular flexibility index (Phi) is 3.63. The third kappa shape index (κ3) is 2.33. The van der Waals surface area contributed by atoms with Crippen LogP contribution in [0, 0.1) is 11.3 Å². The molecule has 1 aromatic heterocycles. The second-order valence-corrected chi connectivity index (χ2v) is 4.83. The molecule has 0 atom stereocenters. The summed E-state index contributed by atoms with van der Waals surface area (Å²) in [4.78, 5) is 15.6. The lowest BCUT2D eigenvalue weighted by atomic mass is 10.0. The average Bonchev–Trinajstić information content (AvgIpc) is 2.94. The molecule has 1 N–H and O–H groups in total. The summed E-state index contributed by atoms with van der Waals surface area (Å²) >= 11 is 0. The number of aromatic nitrogens is 1. The molecule has 22 heavy (non-hydrogen) atoms. The van der Waals surface area contributed by atoms with Gasteiger partial charge in [-0.15, -0.1) is 0 Å². The van der Waals surface area contributed by atoms with Gasteiger partial charge in [0, 0.05) is 10.9 Å². The zero-order chi connectivity index (χ0) is 15.5. The summed E-state index contributed by atoms with van der Waals surface area (Å²) in [5, 5.41) is 9.79. The number of benzene rings is 2. The molecule has 0 aliphatic rings. The molecule has 0 saturated carbocycles. The molecule has 0 radical (unpaired) electrons. The Morgan fingerprint density at radius 1 is 1.23 bits per heavy atom. The topological polar surface area (TPSA) is 65.9 Å². The minimum Gasteiger partial charge on any atom is -0.462 e. The molecule has 4 heteroatoms. The van der Waals surface area contributed by atoms with E-state index in [1.807, 2.05) is 30.3 Å². The molecule has 3 aromatic rings. The first-order valence-electron chi connectivity index (χ1n) is 7.03. The monoisotopic (exact) mass is 290 g/mol. The highest BCUT2D eigenvalue weighted by Gasteiger charge is 2.20. The number of nitrogens with zero attached hydrogens (tertiary/aromatic N) is 1. The number of hydrogen-bond acceptors (Lipinski definition) is 3. The summed E-state index contributed by atoms with van der Waals surface area (Å²) in [6.45, 7) is 2.10. The first kappa shape index (κ1) is 13.9. The third-order valence-electron chi connectivity index (χ3n) is 3.47. The Hall–Kier alpha value is -3.06. The second kappa shape index (κ2) is 5.74. The van der Waals surface area contributed by atoms with Crippen molar-refractivity contribution in [3.8, 4) is 17.3 Å². The lowest BCUT2D eigenvalue weighted by Gasteiger charge is -2.04. The van der Waals surface area contributed by atoms with Crippen LogP contribution < -0.4 is 0 Å². The van der Waals surface area contributed by atoms with Crippen LogP contribution in [-0.2, 0) is 4.74 Å². The number of rotatable bonds is 3. The second-order valence-electron chi connectivity index (χ2n) is 4.83. The first-order valence-corrected chi connectivity index (χ1v) is 7.03. The number of H-pyrrole nitrogens is 1. The Labute approximate surface area is 128 Å². The lowest BCUT2D eigenvalue weighted by Crippen LogP contribution is -2.05. The molecular weight excluding hydrogens is 276 g/mol. The van der Waals surface area contributed by atoms with Gasteiger partial charge in [-0.3, -0.25) is 0 Å². The van der Waals surface area contributed by atoms with Gasteiger partial charge >= 0.3 is 5.97 Å². The van der Waals surface area contributed by atoms with Crippen molar-refractivity contribution in [1.29, 1.82) is 5.26 Å². The highest BCUT2D eigenvalue weighted by molar-refractivity contribution is 6.10. The van der Waals surface area contributed by atoms with Gasteiger partial charge < -0.3 is 9.72 Å². The molecule has 0 aliphatic carbocycles. The van der Waals surface area contributed by atoms with Crippen LogP contribution >= 0.6 is 0 Å². The van der Waals surface area contributed by atoms with Crippen LogP contribution in [-0.4, -0.2) is 17.6 Å². The van der Waals surface area contributed by atoms with Crippen molar-refractivity contribution in [3.63, 3.8) is 0 Å². The number of aromatic amines is 1. The molecule has 2 aromatic carbocycles. The van der Waals surface area contributed by atoms with Crippen molar-refractivity contribution in [2.24, 2.45) is 0 Å². The molecule has 0 bridgehead atoms. The fourth-order valence-corrected chi connectivity index (χ4v) is 2.50. The maximum atomic E-state index is 12.4. The summed E-state index contributed by atoms with van der Waals surface area (Å²) in [5.41, 5.74) is 3.42. The van der Waals surface area contributed by atoms with Gasteiger partial charge in [-0.1, -0.05) is 36.4 Å². The van der Waals surface area contributed by atoms with Crippen LogP contribution in [0.25, 0.3) is 22.2 Å². The molecule has 3 rings (SSSR count). The number of carbonyl (C=O) groups is 1. The maximum absolute atomic E-state index is 12.4. The molecule has 1 heterocycles. The van der Waals surface area contributed by atoms with Crippen LogP contribution in [0.4, 0.5) is 0 Å². The van der Waals surface area contributed by atoms with Crippen LogP contribution in [0.3, 0.4) is 0 Å². The number of esters is 1. The Morgan fingerprint density at radius 2 is 2.00 bits per heavy atom. The van der Waals surface area contributed by atoms with E-state index in [9.17, 15) is 4.79 Å². The molecule has 0 spiro atoms. The summed E-state index contributed by atoms with van der Waals surface area (Å²) in [6.07, 6.45) is 0. The number of nitrogens with one attached hydrogen (secondary N) is 1. The van der Waals surface area contributed by atoms with Gasteiger partial charge in [0.2, 0.25) is 0 Å². The molecule has 0 fully saturated rings. The zero-order valence-electron chi connectivity index (χ0n) is 12.1. The molecule has 0 unspecified atom stereocenters. The molecular formula is C18H14N2O2. The van der Waals surface area contributed by atoms with Gasteiger partial charge in [0.15, 0.2) is 0 Å². The zero-order valence-corrected chi connectivity index (χ0v) is 12.1. The Bertz CT molecular complexity index is 873. The Balaban J connectivity index is 2.28. The smallest absolute Gasteiger partial charge is 0.340 e. The van der Waals surface area contributed by atoms with E-state index in [1.165, 1.54) is 0 Å². The van der Waals surface area contributed by atoms with Gasteiger partial charge in [0.05, 0.1) is 29.5 Å². The minimum atomic E-state index is -0.364. The fraction of sp³-hybridized carbons (Fsp3) is 0.111. The van der Waals surface area contributed by atoms with Crippen LogP contribution in [0.2, 0.25) is 0 Å². The summed E-state index contributed by atoms with van der Waals surface area (Å²) in [7, 11) is 0. The molecule has 0 aliphatic heterocycles. The van der Waals surface area contributed by atoms with Crippen molar-refractivity contribution >= 4 is 16.9 Å². The normalized spacial score (nSPS) is 10.4. The van der Waals surface area contributed by atoms with Gasteiger partial charge in [0.1, 0.15) is 0 Å². The average molecular weight is 290 g/mol. The van der Waals surface area contributed by atoms with Crippen molar-refractivity contribution in [3.05, 3.63) is 59.7 Å². The van der Waals surface area contributed by atoms with E-state index < -0.39 is 0 Å². The lowest BCUT2D eigenvalue weighted by molar-refractivity contribution is 0.0529. The quantitative estimate of drug-likeness (QED) is 0.744. The number of nitriles is 1. The Morgan fingerprint density at radius 3 is 2.68 bits per heavy atom. The largest absolute Gasteiger partial charge is 0.462 e. The molecule has 108 valence electrons. The molecule has 0 saturated heterocycles. The summed E-state index contributed by atoms with van der Waals surface area (Å²) < 4.78 is 5.19. The van der Waals surface area contributed by atoms with E-state index in [0.29, 0.717) is 23.4 Å². The van der Waals surface area contributed by atoms with Crippen molar-refractivity contribution in [2.45, 2.75) is 6.92 Å². The van der Waals surface area contributed by atoms with Gasteiger partial charge in [-0.05, 0) is 24.6 Å². The van der Waals surface area contributed by atoms with E-state index in [0.717, 1.165) is 16.5 Å². The number of carbonyl (C=O) groups excluding carboxylic acids is 1. The fourth-order valence-electron chi connectivity index (χ4n) is 2.50. The SMILES string of the molecule is CCOC(=O)c1c(-c2ccccc2)[nH]c2cc(C#N)ccc12. The number of fused-ring (bicyclic) bond motifs is 1. The van der Waals surface area contributed by atoms with Crippen molar-refractivity contribution < 1.29 is 9.53 Å². The first-order chi connectivity index (χ1) is 10.7. The van der Waals surface area contributed by atoms with Gasteiger partial charge in [0.25, 0.3) is 0 Å². The van der Waals surface area contributed by atoms with Crippen LogP contribution in [0.5, 0.6) is 0 Å².